The minimum atomic E-state index is -0.0426. The van der Waals surface area contributed by atoms with E-state index in [0.717, 1.165) is 6.42 Å². The van der Waals surface area contributed by atoms with E-state index in [2.05, 4.69) is 5.32 Å². The van der Waals surface area contributed by atoms with Crippen LogP contribution < -0.4 is 10.1 Å². The largest absolute Gasteiger partial charge is 0.477 e. The third kappa shape index (κ3) is 3.80. The third-order valence-electron chi connectivity index (χ3n) is 2.50. The van der Waals surface area contributed by atoms with Crippen LogP contribution in [0, 0.1) is 17.2 Å². The van der Waals surface area contributed by atoms with E-state index < -0.39 is 0 Å². The average Bonchev–Trinajstić information content (AvgIpc) is 2.36. The van der Waals surface area contributed by atoms with Crippen molar-refractivity contribution in [2.75, 3.05) is 11.9 Å². The van der Waals surface area contributed by atoms with Gasteiger partial charge in [-0.15, -0.1) is 0 Å². The maximum Gasteiger partial charge on any atom is 0.227 e. The molecule has 0 heterocycles. The summed E-state index contributed by atoms with van der Waals surface area (Å²) in [7, 11) is 0. The molecule has 1 aromatic carbocycles. The maximum atomic E-state index is 11.7. The molecular formula is C13H16N2O2. The molecule has 0 fully saturated rings. The third-order valence-corrected chi connectivity index (χ3v) is 2.50. The van der Waals surface area contributed by atoms with Gasteiger partial charge in [0.05, 0.1) is 5.69 Å². The van der Waals surface area contributed by atoms with E-state index in [1.54, 1.807) is 18.2 Å². The van der Waals surface area contributed by atoms with Gasteiger partial charge in [-0.3, -0.25) is 4.79 Å². The number of nitriles is 1. The number of hydrogen-bond acceptors (Lipinski definition) is 3. The first kappa shape index (κ1) is 13.0. The molecule has 1 rings (SSSR count). The number of hydrogen-bond donors (Lipinski definition) is 1. The number of para-hydroxylation sites is 2. The van der Waals surface area contributed by atoms with Crippen molar-refractivity contribution in [1.82, 2.24) is 0 Å². The summed E-state index contributed by atoms with van der Waals surface area (Å²) >= 11 is 0. The SMILES string of the molecule is CCC(C)C(=O)Nc1ccccc1OCC#N. The highest BCUT2D eigenvalue weighted by atomic mass is 16.5. The molecule has 4 nitrogen and oxygen atoms in total. The lowest BCUT2D eigenvalue weighted by atomic mass is 10.1. The molecule has 0 spiro atoms. The lowest BCUT2D eigenvalue weighted by molar-refractivity contribution is -0.119. The molecule has 0 aromatic heterocycles. The van der Waals surface area contributed by atoms with Gasteiger partial charge in [0.25, 0.3) is 0 Å². The number of ether oxygens (including phenoxy) is 1. The summed E-state index contributed by atoms with van der Waals surface area (Å²) in [4.78, 5) is 11.7. The van der Waals surface area contributed by atoms with Crippen LogP contribution in [-0.4, -0.2) is 12.5 Å². The van der Waals surface area contributed by atoms with Gasteiger partial charge in [-0.2, -0.15) is 5.26 Å². The van der Waals surface area contributed by atoms with Crippen molar-refractivity contribution in [1.29, 1.82) is 5.26 Å². The van der Waals surface area contributed by atoms with Crippen LogP contribution in [-0.2, 0) is 4.79 Å². The van der Waals surface area contributed by atoms with Crippen molar-refractivity contribution in [3.05, 3.63) is 24.3 Å². The van der Waals surface area contributed by atoms with E-state index >= 15 is 0 Å². The van der Waals surface area contributed by atoms with Crippen LogP contribution in [0.3, 0.4) is 0 Å². The Morgan fingerprint density at radius 2 is 2.24 bits per heavy atom. The normalized spacial score (nSPS) is 11.4. The Morgan fingerprint density at radius 3 is 2.88 bits per heavy atom. The van der Waals surface area contributed by atoms with Crippen molar-refractivity contribution in [2.24, 2.45) is 5.92 Å². The molecule has 0 aliphatic heterocycles. The molecule has 0 saturated carbocycles. The van der Waals surface area contributed by atoms with Gasteiger partial charge < -0.3 is 10.1 Å². The van der Waals surface area contributed by atoms with Gasteiger partial charge in [-0.25, -0.2) is 0 Å². The number of carbonyl (C=O) groups excluding carboxylic acids is 1. The number of amides is 1. The number of anilines is 1. The average molecular weight is 232 g/mol. The van der Waals surface area contributed by atoms with Crippen LogP contribution in [0.1, 0.15) is 20.3 Å². The highest BCUT2D eigenvalue weighted by molar-refractivity contribution is 5.93. The monoisotopic (exact) mass is 232 g/mol. The molecule has 0 radical (unpaired) electrons. The number of carbonyl (C=O) groups is 1. The molecule has 1 aromatic rings. The second-order valence-electron chi connectivity index (χ2n) is 3.74. The van der Waals surface area contributed by atoms with E-state index in [9.17, 15) is 4.79 Å². The van der Waals surface area contributed by atoms with Gasteiger partial charge in [0.1, 0.15) is 11.8 Å². The van der Waals surface area contributed by atoms with Gasteiger partial charge in [0.2, 0.25) is 5.91 Å². The van der Waals surface area contributed by atoms with E-state index in [1.165, 1.54) is 0 Å². The molecule has 17 heavy (non-hydrogen) atoms. The second kappa shape index (κ2) is 6.54. The first-order chi connectivity index (χ1) is 8.19. The van der Waals surface area contributed by atoms with Gasteiger partial charge in [-0.1, -0.05) is 26.0 Å². The first-order valence-electron chi connectivity index (χ1n) is 5.58. The molecular weight excluding hydrogens is 216 g/mol. The molecule has 1 N–H and O–H groups in total. The number of benzene rings is 1. The van der Waals surface area contributed by atoms with Gasteiger partial charge in [0.15, 0.2) is 6.61 Å². The Labute approximate surface area is 101 Å². The zero-order chi connectivity index (χ0) is 12.7. The molecule has 0 saturated heterocycles. The number of rotatable bonds is 5. The summed E-state index contributed by atoms with van der Waals surface area (Å²) in [6, 6.07) is 8.99. The second-order valence-corrected chi connectivity index (χ2v) is 3.74. The predicted molar refractivity (Wildman–Crippen MR) is 65.6 cm³/mol. The van der Waals surface area contributed by atoms with Crippen molar-refractivity contribution in [3.8, 4) is 11.8 Å². The summed E-state index contributed by atoms with van der Waals surface area (Å²) in [6.45, 7) is 3.80. The summed E-state index contributed by atoms with van der Waals surface area (Å²) < 4.78 is 5.22. The Hall–Kier alpha value is -2.02. The summed E-state index contributed by atoms with van der Waals surface area (Å²) in [5.74, 6) is 0.435. The quantitative estimate of drug-likeness (QED) is 0.848. The van der Waals surface area contributed by atoms with E-state index in [1.807, 2.05) is 26.0 Å². The molecule has 90 valence electrons. The Bertz CT molecular complexity index is 424. The zero-order valence-corrected chi connectivity index (χ0v) is 10.1. The van der Waals surface area contributed by atoms with Crippen LogP contribution in [0.5, 0.6) is 5.75 Å². The molecule has 1 unspecified atom stereocenters. The first-order valence-corrected chi connectivity index (χ1v) is 5.58. The predicted octanol–water partition coefficient (Wildman–Crippen LogP) is 2.57. The minimum absolute atomic E-state index is 0.0315. The summed E-state index contributed by atoms with van der Waals surface area (Å²) in [6.07, 6.45) is 0.785. The highest BCUT2D eigenvalue weighted by Gasteiger charge is 2.12. The van der Waals surface area contributed by atoms with Crippen molar-refractivity contribution >= 4 is 11.6 Å². The van der Waals surface area contributed by atoms with E-state index in [-0.39, 0.29) is 18.4 Å². The van der Waals surface area contributed by atoms with Crippen LogP contribution in [0.15, 0.2) is 24.3 Å². The Kier molecular flexibility index (Phi) is 5.02. The number of nitrogens with one attached hydrogen (secondary N) is 1. The van der Waals surface area contributed by atoms with Gasteiger partial charge >= 0.3 is 0 Å². The van der Waals surface area contributed by atoms with Crippen molar-refractivity contribution in [2.45, 2.75) is 20.3 Å². The van der Waals surface area contributed by atoms with E-state index in [0.29, 0.717) is 11.4 Å². The fourth-order valence-electron chi connectivity index (χ4n) is 1.25. The minimum Gasteiger partial charge on any atom is -0.477 e. The van der Waals surface area contributed by atoms with Crippen molar-refractivity contribution in [3.63, 3.8) is 0 Å². The maximum absolute atomic E-state index is 11.7. The van der Waals surface area contributed by atoms with Crippen LogP contribution in [0.4, 0.5) is 5.69 Å². The number of nitrogens with zero attached hydrogens (tertiary/aromatic N) is 1. The molecule has 4 heteroatoms. The molecule has 1 atom stereocenters. The fraction of sp³-hybridized carbons (Fsp3) is 0.385. The highest BCUT2D eigenvalue weighted by Crippen LogP contribution is 2.24. The van der Waals surface area contributed by atoms with Crippen LogP contribution in [0.2, 0.25) is 0 Å². The lowest BCUT2D eigenvalue weighted by Crippen LogP contribution is -2.20. The Morgan fingerprint density at radius 1 is 1.53 bits per heavy atom. The zero-order valence-electron chi connectivity index (χ0n) is 10.1. The summed E-state index contributed by atoms with van der Waals surface area (Å²) in [5, 5.41) is 11.3. The molecule has 0 aliphatic carbocycles. The van der Waals surface area contributed by atoms with E-state index in [4.69, 9.17) is 10.00 Å². The van der Waals surface area contributed by atoms with Gasteiger partial charge in [0, 0.05) is 5.92 Å². The molecule has 0 bridgehead atoms. The lowest BCUT2D eigenvalue weighted by Gasteiger charge is -2.13. The Balaban J connectivity index is 2.76. The smallest absolute Gasteiger partial charge is 0.227 e. The molecule has 0 aliphatic rings. The van der Waals surface area contributed by atoms with Crippen LogP contribution >= 0.6 is 0 Å². The van der Waals surface area contributed by atoms with Crippen LogP contribution in [0.25, 0.3) is 0 Å². The molecule has 1 amide bonds. The van der Waals surface area contributed by atoms with Crippen molar-refractivity contribution < 1.29 is 9.53 Å². The standard InChI is InChI=1S/C13H16N2O2/c1-3-10(2)13(16)15-11-6-4-5-7-12(11)17-9-8-14/h4-7,10H,3,9H2,1-2H3,(H,15,16). The fourth-order valence-corrected chi connectivity index (χ4v) is 1.25. The summed E-state index contributed by atoms with van der Waals surface area (Å²) in [5.41, 5.74) is 0.605. The topological polar surface area (TPSA) is 62.1 Å². The van der Waals surface area contributed by atoms with Gasteiger partial charge in [-0.05, 0) is 18.6 Å².